The highest BCUT2D eigenvalue weighted by Gasteiger charge is 2.13. The van der Waals surface area contributed by atoms with Crippen molar-refractivity contribution in [3.05, 3.63) is 59.9 Å². The molecule has 0 saturated heterocycles. The Hall–Kier alpha value is -2.73. The van der Waals surface area contributed by atoms with Crippen molar-refractivity contribution in [3.63, 3.8) is 0 Å². The van der Waals surface area contributed by atoms with E-state index < -0.39 is 5.97 Å². The minimum Gasteiger partial charge on any atom is -0.462 e. The summed E-state index contributed by atoms with van der Waals surface area (Å²) in [5, 5.41) is 5.76. The van der Waals surface area contributed by atoms with Gasteiger partial charge < -0.3 is 15.4 Å². The summed E-state index contributed by atoms with van der Waals surface area (Å²) in [5.74, 6) is -0.677. The van der Waals surface area contributed by atoms with Crippen LogP contribution < -0.4 is 10.6 Å². The second-order valence-electron chi connectivity index (χ2n) is 4.77. The number of hydrogen-bond donors (Lipinski definition) is 2. The zero-order valence-electron chi connectivity index (χ0n) is 12.9. The normalized spacial score (nSPS) is 10.1. The molecule has 0 radical (unpaired) electrons. The van der Waals surface area contributed by atoms with Crippen molar-refractivity contribution in [3.8, 4) is 0 Å². The molecule has 0 aliphatic carbocycles. The van der Waals surface area contributed by atoms with Gasteiger partial charge in [-0.05, 0) is 36.8 Å². The van der Waals surface area contributed by atoms with E-state index >= 15 is 0 Å². The van der Waals surface area contributed by atoms with Crippen LogP contribution in [0.1, 0.15) is 22.8 Å². The minimum absolute atomic E-state index is 0.138. The lowest BCUT2D eigenvalue weighted by molar-refractivity contribution is -0.115. The molecule has 120 valence electrons. The molecule has 0 unspecified atom stereocenters. The number of benzene rings is 1. The zero-order valence-corrected chi connectivity index (χ0v) is 12.9. The van der Waals surface area contributed by atoms with Crippen LogP contribution in [-0.4, -0.2) is 30.0 Å². The van der Waals surface area contributed by atoms with Crippen LogP contribution in [0.2, 0.25) is 0 Å². The number of aromatic nitrogens is 1. The van der Waals surface area contributed by atoms with Crippen molar-refractivity contribution in [2.24, 2.45) is 0 Å². The summed E-state index contributed by atoms with van der Waals surface area (Å²) in [6, 6.07) is 10.5. The van der Waals surface area contributed by atoms with Gasteiger partial charge in [0.05, 0.1) is 24.4 Å². The van der Waals surface area contributed by atoms with Crippen molar-refractivity contribution in [1.29, 1.82) is 0 Å². The third kappa shape index (κ3) is 5.19. The summed E-state index contributed by atoms with van der Waals surface area (Å²) in [6.07, 6.45) is 3.40. The van der Waals surface area contributed by atoms with Gasteiger partial charge in [-0.2, -0.15) is 0 Å². The maximum absolute atomic E-state index is 12.0. The van der Waals surface area contributed by atoms with Gasteiger partial charge in [-0.25, -0.2) is 4.79 Å². The standard InChI is InChI=1S/C17H19N3O3/c1-2-23-17(22)14-5-3-4-6-15(14)20-16(21)12-19-11-13-7-9-18-10-8-13/h3-10,19H,2,11-12H2,1H3,(H,20,21). The van der Waals surface area contributed by atoms with Crippen molar-refractivity contribution in [2.45, 2.75) is 13.5 Å². The van der Waals surface area contributed by atoms with Gasteiger partial charge in [-0.15, -0.1) is 0 Å². The number of carbonyl (C=O) groups excluding carboxylic acids is 2. The predicted octanol–water partition coefficient (Wildman–Crippen LogP) is 1.99. The Kier molecular flexibility index (Phi) is 6.26. The first-order chi connectivity index (χ1) is 11.2. The molecule has 6 heteroatoms. The number of nitrogens with one attached hydrogen (secondary N) is 2. The molecule has 1 aromatic carbocycles. The molecular weight excluding hydrogens is 294 g/mol. The Labute approximate surface area is 134 Å². The molecule has 0 bridgehead atoms. The smallest absolute Gasteiger partial charge is 0.340 e. The lowest BCUT2D eigenvalue weighted by Crippen LogP contribution is -2.28. The summed E-state index contributed by atoms with van der Waals surface area (Å²) in [5.41, 5.74) is 1.83. The lowest BCUT2D eigenvalue weighted by Gasteiger charge is -2.10. The number of rotatable bonds is 7. The first-order valence-corrected chi connectivity index (χ1v) is 7.36. The van der Waals surface area contributed by atoms with Gasteiger partial charge in [0, 0.05) is 18.9 Å². The van der Waals surface area contributed by atoms with Crippen molar-refractivity contribution >= 4 is 17.6 Å². The number of hydrogen-bond acceptors (Lipinski definition) is 5. The number of carbonyl (C=O) groups is 2. The number of esters is 1. The molecular formula is C17H19N3O3. The third-order valence-electron chi connectivity index (χ3n) is 3.06. The molecule has 0 aliphatic rings. The monoisotopic (exact) mass is 313 g/mol. The van der Waals surface area contributed by atoms with E-state index in [9.17, 15) is 9.59 Å². The van der Waals surface area contributed by atoms with Crippen molar-refractivity contribution in [1.82, 2.24) is 10.3 Å². The topological polar surface area (TPSA) is 80.3 Å². The Balaban J connectivity index is 1.89. The van der Waals surface area contributed by atoms with Crippen molar-refractivity contribution in [2.75, 3.05) is 18.5 Å². The molecule has 23 heavy (non-hydrogen) atoms. The van der Waals surface area contributed by atoms with Crippen LogP contribution in [0.3, 0.4) is 0 Å². The van der Waals surface area contributed by atoms with Gasteiger partial charge in [0.2, 0.25) is 5.91 Å². The van der Waals surface area contributed by atoms with Gasteiger partial charge in [0.25, 0.3) is 0 Å². The summed E-state index contributed by atoms with van der Waals surface area (Å²) in [7, 11) is 0. The second kappa shape index (κ2) is 8.65. The van der Waals surface area contributed by atoms with E-state index in [1.807, 2.05) is 12.1 Å². The largest absolute Gasteiger partial charge is 0.462 e. The number of ether oxygens (including phenoxy) is 1. The van der Waals surface area contributed by atoms with Crippen LogP contribution in [0.5, 0.6) is 0 Å². The summed E-state index contributed by atoms with van der Waals surface area (Å²) >= 11 is 0. The number of pyridine rings is 1. The van der Waals surface area contributed by atoms with Gasteiger partial charge in [0.1, 0.15) is 0 Å². The molecule has 1 amide bonds. The summed E-state index contributed by atoms with van der Waals surface area (Å²) in [6.45, 7) is 2.73. The highest BCUT2D eigenvalue weighted by Crippen LogP contribution is 2.16. The lowest BCUT2D eigenvalue weighted by atomic mass is 10.2. The highest BCUT2D eigenvalue weighted by atomic mass is 16.5. The van der Waals surface area contributed by atoms with Gasteiger partial charge in [-0.1, -0.05) is 12.1 Å². The number of para-hydroxylation sites is 1. The van der Waals surface area contributed by atoms with Crippen LogP contribution in [0.25, 0.3) is 0 Å². The number of nitrogens with zero attached hydrogens (tertiary/aromatic N) is 1. The highest BCUT2D eigenvalue weighted by molar-refractivity contribution is 6.01. The first kappa shape index (κ1) is 16.6. The van der Waals surface area contributed by atoms with E-state index in [4.69, 9.17) is 4.74 Å². The Bertz CT molecular complexity index is 659. The van der Waals surface area contributed by atoms with Crippen LogP contribution in [-0.2, 0) is 16.1 Å². The molecule has 0 atom stereocenters. The molecule has 0 fully saturated rings. The van der Waals surface area contributed by atoms with Crippen molar-refractivity contribution < 1.29 is 14.3 Å². The maximum Gasteiger partial charge on any atom is 0.340 e. The van der Waals surface area contributed by atoms with E-state index in [0.29, 0.717) is 17.8 Å². The molecule has 6 nitrogen and oxygen atoms in total. The molecule has 0 saturated carbocycles. The SMILES string of the molecule is CCOC(=O)c1ccccc1NC(=O)CNCc1ccncc1. The quantitative estimate of drug-likeness (QED) is 0.764. The molecule has 2 N–H and O–H groups in total. The zero-order chi connectivity index (χ0) is 16.5. The fourth-order valence-corrected chi connectivity index (χ4v) is 1.99. The van der Waals surface area contributed by atoms with Gasteiger partial charge in [-0.3, -0.25) is 9.78 Å². The molecule has 2 rings (SSSR count). The van der Waals surface area contributed by atoms with Gasteiger partial charge >= 0.3 is 5.97 Å². The Morgan fingerprint density at radius 1 is 1.13 bits per heavy atom. The minimum atomic E-state index is -0.451. The molecule has 0 spiro atoms. The van der Waals surface area contributed by atoms with Crippen LogP contribution >= 0.6 is 0 Å². The van der Waals surface area contributed by atoms with Crippen LogP contribution in [0, 0.1) is 0 Å². The molecule has 1 aromatic heterocycles. The average molecular weight is 313 g/mol. The molecule has 1 heterocycles. The third-order valence-corrected chi connectivity index (χ3v) is 3.06. The van der Waals surface area contributed by atoms with Crippen LogP contribution in [0.4, 0.5) is 5.69 Å². The fourth-order valence-electron chi connectivity index (χ4n) is 1.99. The average Bonchev–Trinajstić information content (AvgIpc) is 2.56. The maximum atomic E-state index is 12.0. The van der Waals surface area contributed by atoms with Gasteiger partial charge in [0.15, 0.2) is 0 Å². The summed E-state index contributed by atoms with van der Waals surface area (Å²) in [4.78, 5) is 27.8. The Morgan fingerprint density at radius 2 is 1.87 bits per heavy atom. The van der Waals surface area contributed by atoms with E-state index in [-0.39, 0.29) is 19.1 Å². The first-order valence-electron chi connectivity index (χ1n) is 7.36. The summed E-state index contributed by atoms with van der Waals surface area (Å²) < 4.78 is 4.98. The molecule has 0 aliphatic heterocycles. The number of anilines is 1. The fraction of sp³-hybridized carbons (Fsp3) is 0.235. The predicted molar refractivity (Wildman–Crippen MR) is 87.0 cm³/mol. The van der Waals surface area contributed by atoms with E-state index in [2.05, 4.69) is 15.6 Å². The van der Waals surface area contributed by atoms with E-state index in [1.165, 1.54) is 0 Å². The Morgan fingerprint density at radius 3 is 2.61 bits per heavy atom. The van der Waals surface area contributed by atoms with Crippen LogP contribution in [0.15, 0.2) is 48.8 Å². The van der Waals surface area contributed by atoms with E-state index in [0.717, 1.165) is 5.56 Å². The van der Waals surface area contributed by atoms with E-state index in [1.54, 1.807) is 43.6 Å². The number of amides is 1. The second-order valence-corrected chi connectivity index (χ2v) is 4.77. The molecule has 2 aromatic rings.